The highest BCUT2D eigenvalue weighted by Crippen LogP contribution is 2.29. The van der Waals surface area contributed by atoms with Gasteiger partial charge >= 0.3 is 6.18 Å². The number of hydrogen-bond donors (Lipinski definition) is 2. The quantitative estimate of drug-likeness (QED) is 0.206. The summed E-state index contributed by atoms with van der Waals surface area (Å²) in [5.74, 6) is -0.00789. The summed E-state index contributed by atoms with van der Waals surface area (Å²) in [6.45, 7) is 2.72. The molecule has 3 rings (SSSR count). The molecule has 12 heteroatoms. The number of aliphatic imine (C=N–C) groups is 1. The molecule has 0 spiro atoms. The van der Waals surface area contributed by atoms with Gasteiger partial charge in [0, 0.05) is 24.3 Å². The summed E-state index contributed by atoms with van der Waals surface area (Å²) in [5, 5.41) is 7.20. The summed E-state index contributed by atoms with van der Waals surface area (Å²) in [5.41, 5.74) is 0.122. The van der Waals surface area contributed by atoms with Crippen molar-refractivity contribution in [1.29, 1.82) is 0 Å². The SMILES string of the molecule is CCNC(=NCc1ccc(-n2ccnc2)c(F)c1)NCc1nc(C(F)(F)F)cs1.I. The van der Waals surface area contributed by atoms with Gasteiger partial charge in [0.1, 0.15) is 10.8 Å². The lowest BCUT2D eigenvalue weighted by atomic mass is 10.2. The van der Waals surface area contributed by atoms with E-state index >= 15 is 0 Å². The van der Waals surface area contributed by atoms with Crippen LogP contribution in [0.15, 0.2) is 47.3 Å². The molecule has 0 unspecified atom stereocenters. The van der Waals surface area contributed by atoms with Crippen LogP contribution in [-0.4, -0.2) is 27.0 Å². The molecular weight excluding hydrogens is 535 g/mol. The number of halogens is 5. The van der Waals surface area contributed by atoms with E-state index < -0.39 is 17.7 Å². The Morgan fingerprint density at radius 3 is 2.67 bits per heavy atom. The second-order valence-corrected chi connectivity index (χ2v) is 6.87. The van der Waals surface area contributed by atoms with Gasteiger partial charge in [0.15, 0.2) is 11.7 Å². The number of hydrogen-bond acceptors (Lipinski definition) is 4. The van der Waals surface area contributed by atoms with Crippen LogP contribution in [0.2, 0.25) is 0 Å². The largest absolute Gasteiger partial charge is 0.434 e. The van der Waals surface area contributed by atoms with Crippen molar-refractivity contribution in [2.75, 3.05) is 6.54 Å². The van der Waals surface area contributed by atoms with Gasteiger partial charge in [-0.15, -0.1) is 35.3 Å². The Kier molecular flexibility index (Phi) is 8.58. The van der Waals surface area contributed by atoms with Crippen LogP contribution in [-0.2, 0) is 19.3 Å². The number of nitrogens with zero attached hydrogens (tertiary/aromatic N) is 4. The minimum atomic E-state index is -4.46. The average molecular weight is 554 g/mol. The predicted molar refractivity (Wildman–Crippen MR) is 118 cm³/mol. The summed E-state index contributed by atoms with van der Waals surface area (Å²) < 4.78 is 53.8. The average Bonchev–Trinajstić information content (AvgIpc) is 3.35. The minimum Gasteiger partial charge on any atom is -0.357 e. The predicted octanol–water partition coefficient (Wildman–Crippen LogP) is 4.36. The Hall–Kier alpha value is -2.22. The van der Waals surface area contributed by atoms with E-state index in [4.69, 9.17) is 0 Å². The van der Waals surface area contributed by atoms with E-state index in [0.29, 0.717) is 28.8 Å². The fraction of sp³-hybridized carbons (Fsp3) is 0.278. The van der Waals surface area contributed by atoms with Crippen LogP contribution >= 0.6 is 35.3 Å². The second kappa shape index (κ2) is 10.7. The monoisotopic (exact) mass is 554 g/mol. The number of thiazole rings is 1. The van der Waals surface area contributed by atoms with Crippen molar-refractivity contribution < 1.29 is 17.6 Å². The number of imidazole rings is 1. The number of nitrogens with one attached hydrogen (secondary N) is 2. The fourth-order valence-corrected chi connectivity index (χ4v) is 3.19. The van der Waals surface area contributed by atoms with Crippen LogP contribution in [0.5, 0.6) is 0 Å². The van der Waals surface area contributed by atoms with Crippen molar-refractivity contribution in [2.45, 2.75) is 26.2 Å². The van der Waals surface area contributed by atoms with E-state index in [9.17, 15) is 17.6 Å². The van der Waals surface area contributed by atoms with Crippen LogP contribution < -0.4 is 10.6 Å². The minimum absolute atomic E-state index is 0. The molecule has 0 radical (unpaired) electrons. The van der Waals surface area contributed by atoms with Gasteiger partial charge in [-0.05, 0) is 24.6 Å². The Labute approximate surface area is 191 Å². The zero-order chi connectivity index (χ0) is 20.9. The van der Waals surface area contributed by atoms with Crippen LogP contribution in [0.25, 0.3) is 5.69 Å². The maximum Gasteiger partial charge on any atom is 0.434 e. The van der Waals surface area contributed by atoms with Crippen LogP contribution in [0.3, 0.4) is 0 Å². The third kappa shape index (κ3) is 6.39. The second-order valence-electron chi connectivity index (χ2n) is 5.93. The van der Waals surface area contributed by atoms with Crippen LogP contribution in [0.1, 0.15) is 23.2 Å². The van der Waals surface area contributed by atoms with Gasteiger partial charge in [0.2, 0.25) is 0 Å². The highest BCUT2D eigenvalue weighted by atomic mass is 127. The maximum absolute atomic E-state index is 14.3. The molecule has 2 N–H and O–H groups in total. The van der Waals surface area contributed by atoms with E-state index in [1.165, 1.54) is 12.4 Å². The first-order valence-electron chi connectivity index (χ1n) is 8.67. The van der Waals surface area contributed by atoms with E-state index in [1.54, 1.807) is 29.1 Å². The first-order chi connectivity index (χ1) is 13.9. The summed E-state index contributed by atoms with van der Waals surface area (Å²) in [6.07, 6.45) is 0.255. The van der Waals surface area contributed by atoms with Crippen molar-refractivity contribution in [2.24, 2.45) is 4.99 Å². The molecule has 162 valence electrons. The molecule has 0 bridgehead atoms. The zero-order valence-electron chi connectivity index (χ0n) is 15.8. The van der Waals surface area contributed by atoms with Gasteiger partial charge in [0.05, 0.1) is 25.1 Å². The lowest BCUT2D eigenvalue weighted by Gasteiger charge is -2.10. The molecule has 0 aliphatic carbocycles. The lowest BCUT2D eigenvalue weighted by Crippen LogP contribution is -2.36. The maximum atomic E-state index is 14.3. The summed E-state index contributed by atoms with van der Waals surface area (Å²) in [6, 6.07) is 4.77. The molecule has 0 saturated carbocycles. The molecule has 6 nitrogen and oxygen atoms in total. The number of alkyl halides is 3. The smallest absolute Gasteiger partial charge is 0.357 e. The highest BCUT2D eigenvalue weighted by Gasteiger charge is 2.33. The summed E-state index contributed by atoms with van der Waals surface area (Å²) in [4.78, 5) is 11.8. The van der Waals surface area contributed by atoms with E-state index in [2.05, 4.69) is 25.6 Å². The van der Waals surface area contributed by atoms with Crippen molar-refractivity contribution in [3.05, 3.63) is 64.4 Å². The van der Waals surface area contributed by atoms with Gasteiger partial charge in [-0.25, -0.2) is 19.4 Å². The van der Waals surface area contributed by atoms with Crippen LogP contribution in [0, 0.1) is 5.82 Å². The molecule has 0 aliphatic rings. The number of rotatable bonds is 6. The third-order valence-electron chi connectivity index (χ3n) is 3.81. The Balaban J connectivity index is 0.00000320. The van der Waals surface area contributed by atoms with Gasteiger partial charge in [-0.2, -0.15) is 13.2 Å². The Morgan fingerprint density at radius 2 is 2.07 bits per heavy atom. The van der Waals surface area contributed by atoms with Crippen molar-refractivity contribution in [1.82, 2.24) is 25.2 Å². The summed E-state index contributed by atoms with van der Waals surface area (Å²) >= 11 is 0.920. The van der Waals surface area contributed by atoms with Gasteiger partial charge < -0.3 is 15.2 Å². The topological polar surface area (TPSA) is 67.1 Å². The third-order valence-corrected chi connectivity index (χ3v) is 4.66. The first kappa shape index (κ1) is 24.1. The van der Waals surface area contributed by atoms with Gasteiger partial charge in [-0.1, -0.05) is 6.07 Å². The lowest BCUT2D eigenvalue weighted by molar-refractivity contribution is -0.140. The van der Waals surface area contributed by atoms with Crippen LogP contribution in [0.4, 0.5) is 17.6 Å². The standard InChI is InChI=1S/C18H18F4N6S.HI/c1-2-24-17(26-9-16-27-15(10-29-16)18(20,21)22)25-8-12-3-4-14(13(19)7-12)28-6-5-23-11-28;/h3-7,10-11H,2,8-9H2,1H3,(H2,24,25,26);1H. The number of guanidine groups is 1. The van der Waals surface area contributed by atoms with Crippen molar-refractivity contribution in [3.63, 3.8) is 0 Å². The Morgan fingerprint density at radius 1 is 1.27 bits per heavy atom. The highest BCUT2D eigenvalue weighted by molar-refractivity contribution is 14.0. The normalized spacial score (nSPS) is 11.8. The van der Waals surface area contributed by atoms with Crippen molar-refractivity contribution >= 4 is 41.3 Å². The van der Waals surface area contributed by atoms with E-state index in [1.807, 2.05) is 6.92 Å². The molecule has 1 aromatic carbocycles. The first-order valence-corrected chi connectivity index (χ1v) is 9.55. The molecule has 3 aromatic rings. The molecule has 0 amide bonds. The molecule has 0 atom stereocenters. The molecule has 0 aliphatic heterocycles. The molecule has 2 heterocycles. The van der Waals surface area contributed by atoms with Gasteiger partial charge in [-0.3, -0.25) is 0 Å². The number of aromatic nitrogens is 3. The molecule has 30 heavy (non-hydrogen) atoms. The molecular formula is C18H19F4IN6S. The molecule has 0 fully saturated rings. The van der Waals surface area contributed by atoms with E-state index in [0.717, 1.165) is 16.7 Å². The zero-order valence-corrected chi connectivity index (χ0v) is 18.9. The summed E-state index contributed by atoms with van der Waals surface area (Å²) in [7, 11) is 0. The Bertz CT molecular complexity index is 971. The van der Waals surface area contributed by atoms with Crippen molar-refractivity contribution in [3.8, 4) is 5.69 Å². The van der Waals surface area contributed by atoms with E-state index in [-0.39, 0.29) is 37.1 Å². The van der Waals surface area contributed by atoms with Gasteiger partial charge in [0.25, 0.3) is 0 Å². The fourth-order valence-electron chi connectivity index (χ4n) is 2.45. The molecule has 2 aromatic heterocycles. The number of benzene rings is 1. The molecule has 0 saturated heterocycles.